The number of thioether (sulfide) groups is 1. The summed E-state index contributed by atoms with van der Waals surface area (Å²) in [7, 11) is 1.55. The van der Waals surface area contributed by atoms with E-state index in [9.17, 15) is 4.79 Å². The first kappa shape index (κ1) is 27.1. The number of rotatable bonds is 10. The van der Waals surface area contributed by atoms with Gasteiger partial charge in [0.25, 0.3) is 5.91 Å². The molecule has 3 rings (SSSR count). The Balaban J connectivity index is 1.58. The van der Waals surface area contributed by atoms with Crippen molar-refractivity contribution < 1.29 is 19.0 Å². The second-order valence-electron chi connectivity index (χ2n) is 8.94. The maximum Gasteiger partial charge on any atom is 0.266 e. The largest absolute Gasteiger partial charge is 0.493 e. The molecule has 1 heterocycles. The molecular formula is C27H30ClNO4S2. The molecule has 0 unspecified atom stereocenters. The predicted octanol–water partition coefficient (Wildman–Crippen LogP) is 6.88. The molecule has 0 radical (unpaired) electrons. The van der Waals surface area contributed by atoms with E-state index in [0.29, 0.717) is 51.9 Å². The first-order chi connectivity index (χ1) is 16.6. The Kier molecular flexibility index (Phi) is 9.27. The molecular weight excluding hydrogens is 502 g/mol. The van der Waals surface area contributed by atoms with Gasteiger partial charge in [-0.15, -0.1) is 6.58 Å². The molecule has 1 aliphatic heterocycles. The molecule has 0 N–H and O–H groups in total. The Hall–Kier alpha value is -2.48. The van der Waals surface area contributed by atoms with E-state index in [0.717, 1.165) is 11.3 Å². The van der Waals surface area contributed by atoms with Gasteiger partial charge in [-0.2, -0.15) is 0 Å². The molecule has 186 valence electrons. The first-order valence-corrected chi connectivity index (χ1v) is 12.8. The monoisotopic (exact) mass is 531 g/mol. The highest BCUT2D eigenvalue weighted by atomic mass is 35.5. The fourth-order valence-corrected chi connectivity index (χ4v) is 4.92. The van der Waals surface area contributed by atoms with Crippen molar-refractivity contribution in [3.8, 4) is 17.2 Å². The first-order valence-electron chi connectivity index (χ1n) is 11.2. The van der Waals surface area contributed by atoms with E-state index < -0.39 is 0 Å². The van der Waals surface area contributed by atoms with Crippen LogP contribution in [0, 0.1) is 0 Å². The number of hydrogen-bond acceptors (Lipinski definition) is 6. The molecule has 0 aromatic heterocycles. The lowest BCUT2D eigenvalue weighted by atomic mass is 9.87. The molecule has 0 aliphatic carbocycles. The fourth-order valence-electron chi connectivity index (χ4n) is 3.38. The third kappa shape index (κ3) is 7.03. The van der Waals surface area contributed by atoms with Gasteiger partial charge >= 0.3 is 0 Å². The van der Waals surface area contributed by atoms with Crippen LogP contribution in [0.2, 0.25) is 5.02 Å². The summed E-state index contributed by atoms with van der Waals surface area (Å²) in [5.74, 6) is 1.63. The van der Waals surface area contributed by atoms with Crippen LogP contribution < -0.4 is 14.2 Å². The Morgan fingerprint density at radius 3 is 2.46 bits per heavy atom. The number of hydrogen-bond donors (Lipinski definition) is 0. The third-order valence-corrected chi connectivity index (χ3v) is 6.92. The van der Waals surface area contributed by atoms with E-state index in [1.54, 1.807) is 31.4 Å². The van der Waals surface area contributed by atoms with Gasteiger partial charge in [0.05, 0.1) is 30.3 Å². The lowest BCUT2D eigenvalue weighted by Gasteiger charge is -2.19. The number of halogens is 1. The van der Waals surface area contributed by atoms with Crippen LogP contribution in [0.3, 0.4) is 0 Å². The molecule has 1 saturated heterocycles. The standard InChI is InChI=1S/C27H30ClNO4S2/c1-6-12-29-25(30)23(35-26(29)34)17-18-15-21(28)24(22(16-18)31-5)33-14-7-13-32-20-10-8-19(9-11-20)27(2,3)4/h6,8-11,15-17H,1,7,12-14H2,2-5H3. The minimum absolute atomic E-state index is 0.112. The maximum absolute atomic E-state index is 12.6. The van der Waals surface area contributed by atoms with E-state index in [1.165, 1.54) is 22.2 Å². The predicted molar refractivity (Wildman–Crippen MR) is 149 cm³/mol. The molecule has 1 fully saturated rings. The minimum Gasteiger partial charge on any atom is -0.493 e. The zero-order chi connectivity index (χ0) is 25.6. The number of thiocarbonyl (C=S) groups is 1. The van der Waals surface area contributed by atoms with E-state index in [-0.39, 0.29) is 11.3 Å². The maximum atomic E-state index is 12.6. The van der Waals surface area contributed by atoms with Crippen LogP contribution in [0.4, 0.5) is 0 Å². The number of ether oxygens (including phenoxy) is 3. The van der Waals surface area contributed by atoms with Gasteiger partial charge in [-0.3, -0.25) is 9.69 Å². The van der Waals surface area contributed by atoms with Gasteiger partial charge in [-0.25, -0.2) is 0 Å². The molecule has 0 atom stereocenters. The van der Waals surface area contributed by atoms with Gasteiger partial charge in [0, 0.05) is 13.0 Å². The van der Waals surface area contributed by atoms with Crippen LogP contribution in [0.1, 0.15) is 38.3 Å². The Morgan fingerprint density at radius 2 is 1.83 bits per heavy atom. The number of amides is 1. The quantitative estimate of drug-likeness (QED) is 0.144. The highest BCUT2D eigenvalue weighted by Crippen LogP contribution is 2.39. The molecule has 8 heteroatoms. The Bertz CT molecular complexity index is 1120. The summed E-state index contributed by atoms with van der Waals surface area (Å²) in [4.78, 5) is 14.6. The second-order valence-corrected chi connectivity index (χ2v) is 11.0. The molecule has 1 aliphatic rings. The van der Waals surface area contributed by atoms with Crippen LogP contribution in [0.5, 0.6) is 17.2 Å². The fraction of sp³-hybridized carbons (Fsp3) is 0.333. The SMILES string of the molecule is C=CCN1C(=O)C(=Cc2cc(Cl)c(OCCCOc3ccc(C(C)(C)C)cc3)c(OC)c2)SC1=S. The summed E-state index contributed by atoms with van der Waals surface area (Å²) in [6.07, 6.45) is 4.07. The summed E-state index contributed by atoms with van der Waals surface area (Å²) >= 11 is 13.0. The van der Waals surface area contributed by atoms with E-state index in [1.807, 2.05) is 12.1 Å². The summed E-state index contributed by atoms with van der Waals surface area (Å²) in [5, 5.41) is 0.399. The van der Waals surface area contributed by atoms with Crippen molar-refractivity contribution in [2.75, 3.05) is 26.9 Å². The Labute approximate surface area is 222 Å². The highest BCUT2D eigenvalue weighted by Gasteiger charge is 2.31. The number of carbonyl (C=O) groups excluding carboxylic acids is 1. The molecule has 35 heavy (non-hydrogen) atoms. The lowest BCUT2D eigenvalue weighted by Crippen LogP contribution is -2.27. The van der Waals surface area contributed by atoms with Crippen molar-refractivity contribution in [1.82, 2.24) is 4.90 Å². The highest BCUT2D eigenvalue weighted by molar-refractivity contribution is 8.26. The van der Waals surface area contributed by atoms with Gasteiger partial charge in [-0.05, 0) is 46.9 Å². The van der Waals surface area contributed by atoms with Crippen LogP contribution in [-0.4, -0.2) is 42.0 Å². The van der Waals surface area contributed by atoms with E-state index in [4.69, 9.17) is 38.0 Å². The molecule has 0 saturated carbocycles. The van der Waals surface area contributed by atoms with Gasteiger partial charge in [0.2, 0.25) is 0 Å². The number of nitrogens with zero attached hydrogens (tertiary/aromatic N) is 1. The van der Waals surface area contributed by atoms with Crippen LogP contribution >= 0.6 is 35.6 Å². The van der Waals surface area contributed by atoms with Crippen LogP contribution in [0.25, 0.3) is 6.08 Å². The molecule has 1 amide bonds. The second kappa shape index (κ2) is 12.0. The minimum atomic E-state index is -0.150. The van der Waals surface area contributed by atoms with Crippen molar-refractivity contribution in [2.45, 2.75) is 32.6 Å². The van der Waals surface area contributed by atoms with Crippen LogP contribution in [0.15, 0.2) is 54.0 Å². The zero-order valence-electron chi connectivity index (χ0n) is 20.4. The average molecular weight is 532 g/mol. The van der Waals surface area contributed by atoms with Crippen molar-refractivity contribution >= 4 is 51.9 Å². The van der Waals surface area contributed by atoms with Crippen LogP contribution in [-0.2, 0) is 10.2 Å². The molecule has 5 nitrogen and oxygen atoms in total. The number of methoxy groups -OCH3 is 1. The van der Waals surface area contributed by atoms with Crippen molar-refractivity contribution in [3.05, 3.63) is 70.1 Å². The topological polar surface area (TPSA) is 48.0 Å². The van der Waals surface area contributed by atoms with Gasteiger partial charge in [0.1, 0.15) is 10.1 Å². The lowest BCUT2D eigenvalue weighted by molar-refractivity contribution is -0.121. The van der Waals surface area contributed by atoms with Crippen molar-refractivity contribution in [3.63, 3.8) is 0 Å². The Morgan fingerprint density at radius 1 is 1.14 bits per heavy atom. The number of benzene rings is 2. The van der Waals surface area contributed by atoms with Gasteiger partial charge < -0.3 is 14.2 Å². The summed E-state index contributed by atoms with van der Waals surface area (Å²) < 4.78 is 17.7. The zero-order valence-corrected chi connectivity index (χ0v) is 22.8. The summed E-state index contributed by atoms with van der Waals surface area (Å²) in [5.41, 5.74) is 2.10. The van der Waals surface area contributed by atoms with E-state index >= 15 is 0 Å². The summed E-state index contributed by atoms with van der Waals surface area (Å²) in [6.45, 7) is 11.5. The van der Waals surface area contributed by atoms with Gasteiger partial charge in [-0.1, -0.05) is 74.6 Å². The normalized spacial score (nSPS) is 15.0. The van der Waals surface area contributed by atoms with Crippen molar-refractivity contribution in [1.29, 1.82) is 0 Å². The molecule has 0 bridgehead atoms. The van der Waals surface area contributed by atoms with Crippen molar-refractivity contribution in [2.24, 2.45) is 0 Å². The van der Waals surface area contributed by atoms with E-state index in [2.05, 4.69) is 39.5 Å². The molecule has 0 spiro atoms. The number of carbonyl (C=O) groups is 1. The summed E-state index contributed by atoms with van der Waals surface area (Å²) in [6, 6.07) is 11.7. The molecule has 2 aromatic carbocycles. The third-order valence-electron chi connectivity index (χ3n) is 5.26. The average Bonchev–Trinajstić information content (AvgIpc) is 3.07. The molecule has 2 aromatic rings. The smallest absolute Gasteiger partial charge is 0.266 e. The van der Waals surface area contributed by atoms with Gasteiger partial charge in [0.15, 0.2) is 11.5 Å².